The Balaban J connectivity index is 1.69. The summed E-state index contributed by atoms with van der Waals surface area (Å²) in [5.41, 5.74) is 1.37. The van der Waals surface area contributed by atoms with Gasteiger partial charge in [0.2, 0.25) is 0 Å². The number of aromatic hydroxyl groups is 1. The molecule has 0 unspecified atom stereocenters. The van der Waals surface area contributed by atoms with Crippen molar-refractivity contribution < 1.29 is 15.0 Å². The normalized spacial score (nSPS) is 24.9. The van der Waals surface area contributed by atoms with Gasteiger partial charge >= 0.3 is 0 Å². The molecule has 1 amide bonds. The Morgan fingerprint density at radius 1 is 1.19 bits per heavy atom. The number of piperidine rings is 1. The van der Waals surface area contributed by atoms with Crippen molar-refractivity contribution >= 4 is 5.91 Å². The Morgan fingerprint density at radius 2 is 1.93 bits per heavy atom. The van der Waals surface area contributed by atoms with Crippen molar-refractivity contribution in [2.75, 3.05) is 52.9 Å². The summed E-state index contributed by atoms with van der Waals surface area (Å²) >= 11 is 0. The topological polar surface area (TPSA) is 67.3 Å². The van der Waals surface area contributed by atoms with Crippen molar-refractivity contribution in [3.63, 3.8) is 0 Å². The summed E-state index contributed by atoms with van der Waals surface area (Å²) in [5, 5.41) is 19.0. The fourth-order valence-electron chi connectivity index (χ4n) is 4.45. The number of aryl methyl sites for hydroxylation is 1. The molecule has 0 bridgehead atoms. The second-order valence-corrected chi connectivity index (χ2v) is 8.07. The van der Waals surface area contributed by atoms with E-state index >= 15 is 0 Å². The van der Waals surface area contributed by atoms with Crippen molar-refractivity contribution in [3.05, 3.63) is 29.3 Å². The molecule has 2 heterocycles. The molecule has 0 radical (unpaired) electrons. The number of aliphatic hydroxyl groups is 1. The summed E-state index contributed by atoms with van der Waals surface area (Å²) in [6.45, 7) is 7.90. The molecule has 2 aliphatic rings. The number of phenols is 1. The summed E-state index contributed by atoms with van der Waals surface area (Å²) in [6.07, 6.45) is 2.73. The number of hydrogen-bond acceptors (Lipinski definition) is 5. The van der Waals surface area contributed by atoms with Crippen LogP contribution in [0, 0.1) is 12.8 Å². The van der Waals surface area contributed by atoms with Gasteiger partial charge in [0.25, 0.3) is 5.91 Å². The first-order valence-corrected chi connectivity index (χ1v) is 10.1. The van der Waals surface area contributed by atoms with Crippen molar-refractivity contribution in [1.82, 2.24) is 14.7 Å². The molecule has 1 aromatic carbocycles. The molecule has 0 aromatic heterocycles. The monoisotopic (exact) mass is 375 g/mol. The lowest BCUT2D eigenvalue weighted by Crippen LogP contribution is -2.56. The zero-order chi connectivity index (χ0) is 19.4. The molecule has 6 nitrogen and oxygen atoms in total. The number of piperazine rings is 1. The van der Waals surface area contributed by atoms with Crippen LogP contribution in [0.25, 0.3) is 0 Å². The van der Waals surface area contributed by atoms with E-state index in [4.69, 9.17) is 0 Å². The smallest absolute Gasteiger partial charge is 0.253 e. The number of rotatable bonds is 5. The maximum absolute atomic E-state index is 13.0. The van der Waals surface area contributed by atoms with E-state index in [1.165, 1.54) is 0 Å². The largest absolute Gasteiger partial charge is 0.508 e. The van der Waals surface area contributed by atoms with Gasteiger partial charge < -0.3 is 20.0 Å². The average molecular weight is 376 g/mol. The van der Waals surface area contributed by atoms with Gasteiger partial charge in [0.15, 0.2) is 0 Å². The first-order valence-electron chi connectivity index (χ1n) is 10.1. The van der Waals surface area contributed by atoms with Crippen LogP contribution >= 0.6 is 0 Å². The lowest BCUT2D eigenvalue weighted by atomic mass is 9.86. The van der Waals surface area contributed by atoms with Crippen LogP contribution in [0.4, 0.5) is 0 Å². The number of benzene rings is 1. The molecule has 2 saturated heterocycles. The number of phenolic OH excluding ortho intramolecular Hbond substituents is 1. The molecule has 0 saturated carbocycles. The standard InChI is InChI=1S/C21H33N3O3/c1-16-14-17(5-6-20(16)26)21(27)24-8-7-19(18(15-24)4-3-13-25)23-11-9-22(2)10-12-23/h5-6,14,18-19,25-26H,3-4,7-13,15H2,1-2H3/t18-,19+/m0/s1. The van der Waals surface area contributed by atoms with Crippen LogP contribution in [0.3, 0.4) is 0 Å². The van der Waals surface area contributed by atoms with Crippen LogP contribution in [0.5, 0.6) is 5.75 Å². The Labute approximate surface area is 162 Å². The third-order valence-electron chi connectivity index (χ3n) is 6.16. The quantitative estimate of drug-likeness (QED) is 0.817. The zero-order valence-electron chi connectivity index (χ0n) is 16.6. The fourth-order valence-corrected chi connectivity index (χ4v) is 4.45. The van der Waals surface area contributed by atoms with E-state index in [0.29, 0.717) is 17.5 Å². The molecule has 2 N–H and O–H groups in total. The minimum absolute atomic E-state index is 0.0453. The maximum atomic E-state index is 13.0. The van der Waals surface area contributed by atoms with Crippen molar-refractivity contribution in [2.24, 2.45) is 5.92 Å². The number of carbonyl (C=O) groups excluding carboxylic acids is 1. The number of carbonyl (C=O) groups is 1. The lowest BCUT2D eigenvalue weighted by molar-refractivity contribution is 0.0218. The van der Waals surface area contributed by atoms with Crippen LogP contribution in [-0.2, 0) is 0 Å². The third-order valence-corrected chi connectivity index (χ3v) is 6.16. The molecule has 2 aliphatic heterocycles. The molecule has 3 rings (SSSR count). The van der Waals surface area contributed by atoms with Gasteiger partial charge in [0, 0.05) is 57.5 Å². The average Bonchev–Trinajstić information content (AvgIpc) is 2.68. The highest BCUT2D eigenvalue weighted by Crippen LogP contribution is 2.28. The van der Waals surface area contributed by atoms with Gasteiger partial charge in [-0.25, -0.2) is 0 Å². The number of aliphatic hydroxyl groups excluding tert-OH is 1. The first kappa shape index (κ1) is 20.1. The minimum atomic E-state index is 0.0453. The van der Waals surface area contributed by atoms with E-state index in [-0.39, 0.29) is 18.3 Å². The Bertz CT molecular complexity index is 644. The Kier molecular flexibility index (Phi) is 6.73. The van der Waals surface area contributed by atoms with Crippen LogP contribution in [-0.4, -0.2) is 89.8 Å². The van der Waals surface area contributed by atoms with E-state index in [9.17, 15) is 15.0 Å². The van der Waals surface area contributed by atoms with Crippen molar-refractivity contribution in [3.8, 4) is 5.75 Å². The van der Waals surface area contributed by atoms with E-state index < -0.39 is 0 Å². The van der Waals surface area contributed by atoms with Gasteiger partial charge in [-0.3, -0.25) is 9.69 Å². The van der Waals surface area contributed by atoms with Crippen LogP contribution < -0.4 is 0 Å². The molecular formula is C21H33N3O3. The van der Waals surface area contributed by atoms with Crippen LogP contribution in [0.1, 0.15) is 35.2 Å². The molecule has 2 atom stereocenters. The highest BCUT2D eigenvalue weighted by atomic mass is 16.3. The lowest BCUT2D eigenvalue weighted by Gasteiger charge is -2.46. The predicted molar refractivity (Wildman–Crippen MR) is 106 cm³/mol. The number of likely N-dealkylation sites (N-methyl/N-ethyl adjacent to an activating group) is 1. The highest BCUT2D eigenvalue weighted by Gasteiger charge is 2.35. The van der Waals surface area contributed by atoms with E-state index in [1.807, 2.05) is 11.8 Å². The minimum Gasteiger partial charge on any atom is -0.508 e. The summed E-state index contributed by atoms with van der Waals surface area (Å²) in [5.74, 6) is 0.668. The van der Waals surface area contributed by atoms with Crippen LogP contribution in [0.15, 0.2) is 18.2 Å². The summed E-state index contributed by atoms with van der Waals surface area (Å²) < 4.78 is 0. The Morgan fingerprint density at radius 3 is 2.59 bits per heavy atom. The predicted octanol–water partition coefficient (Wildman–Crippen LogP) is 1.55. The SMILES string of the molecule is Cc1cc(C(=O)N2CC[C@@H](N3CCN(C)CC3)[C@@H](CCCO)C2)ccc1O. The van der Waals surface area contributed by atoms with Gasteiger partial charge in [0.1, 0.15) is 5.75 Å². The molecule has 0 spiro atoms. The number of likely N-dealkylation sites (tertiary alicyclic amines) is 1. The molecule has 6 heteroatoms. The molecule has 27 heavy (non-hydrogen) atoms. The second kappa shape index (κ2) is 9.04. The fraction of sp³-hybridized carbons (Fsp3) is 0.667. The number of nitrogens with zero attached hydrogens (tertiary/aromatic N) is 3. The summed E-state index contributed by atoms with van der Waals surface area (Å²) in [7, 11) is 2.17. The Hall–Kier alpha value is -1.63. The van der Waals surface area contributed by atoms with E-state index in [2.05, 4.69) is 16.8 Å². The van der Waals surface area contributed by atoms with Gasteiger partial charge in [-0.15, -0.1) is 0 Å². The van der Waals surface area contributed by atoms with Gasteiger partial charge in [-0.1, -0.05) is 0 Å². The van der Waals surface area contributed by atoms with Crippen LogP contribution in [0.2, 0.25) is 0 Å². The maximum Gasteiger partial charge on any atom is 0.253 e. The van der Waals surface area contributed by atoms with E-state index in [0.717, 1.165) is 64.1 Å². The third kappa shape index (κ3) is 4.81. The van der Waals surface area contributed by atoms with Gasteiger partial charge in [-0.2, -0.15) is 0 Å². The highest BCUT2D eigenvalue weighted by molar-refractivity contribution is 5.94. The molecule has 0 aliphatic carbocycles. The van der Waals surface area contributed by atoms with Gasteiger partial charge in [-0.05, 0) is 62.9 Å². The molecule has 1 aromatic rings. The van der Waals surface area contributed by atoms with Crippen molar-refractivity contribution in [2.45, 2.75) is 32.2 Å². The second-order valence-electron chi connectivity index (χ2n) is 8.07. The van der Waals surface area contributed by atoms with Gasteiger partial charge in [0.05, 0.1) is 0 Å². The summed E-state index contributed by atoms with van der Waals surface area (Å²) in [4.78, 5) is 19.9. The molecule has 150 valence electrons. The molecular weight excluding hydrogens is 342 g/mol. The summed E-state index contributed by atoms with van der Waals surface area (Å²) in [6, 6.07) is 5.58. The number of hydrogen-bond donors (Lipinski definition) is 2. The zero-order valence-corrected chi connectivity index (χ0v) is 16.6. The number of amides is 1. The first-order chi connectivity index (χ1) is 13.0. The van der Waals surface area contributed by atoms with E-state index in [1.54, 1.807) is 18.2 Å². The molecule has 2 fully saturated rings. The van der Waals surface area contributed by atoms with Crippen molar-refractivity contribution in [1.29, 1.82) is 0 Å².